The number of amides is 1. The van der Waals surface area contributed by atoms with Gasteiger partial charge >= 0.3 is 0 Å². The zero-order valence-corrected chi connectivity index (χ0v) is 11.6. The molecule has 1 aliphatic heterocycles. The molecule has 1 fully saturated rings. The molecule has 2 aromatic rings. The Labute approximate surface area is 118 Å². The molecule has 0 bridgehead atoms. The molecule has 1 aromatic carbocycles. The predicted octanol–water partition coefficient (Wildman–Crippen LogP) is 1.83. The van der Waals surface area contributed by atoms with Crippen molar-refractivity contribution in [2.75, 3.05) is 19.6 Å². The summed E-state index contributed by atoms with van der Waals surface area (Å²) in [4.78, 5) is 15.3. The Morgan fingerprint density at radius 3 is 3.10 bits per heavy atom. The van der Waals surface area contributed by atoms with Crippen LogP contribution >= 0.6 is 0 Å². The van der Waals surface area contributed by atoms with Crippen LogP contribution in [0, 0.1) is 5.92 Å². The van der Waals surface area contributed by atoms with Crippen molar-refractivity contribution in [1.29, 1.82) is 0 Å². The van der Waals surface area contributed by atoms with Gasteiger partial charge in [0.15, 0.2) is 0 Å². The number of carbonyl (C=O) groups is 1. The van der Waals surface area contributed by atoms with E-state index in [4.69, 9.17) is 0 Å². The fourth-order valence-electron chi connectivity index (χ4n) is 2.88. The highest BCUT2D eigenvalue weighted by molar-refractivity contribution is 5.83. The minimum Gasteiger partial charge on any atom is -0.361 e. The van der Waals surface area contributed by atoms with E-state index in [9.17, 15) is 4.79 Å². The standard InChI is InChI=1S/C16H21N3O/c20-16(13-4-3-8-17-10-13)18-9-7-12-11-19-15-6-2-1-5-14(12)15/h1-2,5-6,11,13,17,19H,3-4,7-10H2,(H,18,20)/t13-/m1/s1. The monoisotopic (exact) mass is 271 g/mol. The summed E-state index contributed by atoms with van der Waals surface area (Å²) in [5.41, 5.74) is 2.42. The molecule has 0 saturated carbocycles. The molecular formula is C16H21N3O. The highest BCUT2D eigenvalue weighted by Gasteiger charge is 2.20. The minimum absolute atomic E-state index is 0.145. The van der Waals surface area contributed by atoms with Crippen LogP contribution in [0.2, 0.25) is 0 Å². The molecule has 4 nitrogen and oxygen atoms in total. The quantitative estimate of drug-likeness (QED) is 0.794. The van der Waals surface area contributed by atoms with E-state index in [1.54, 1.807) is 0 Å². The fourth-order valence-corrected chi connectivity index (χ4v) is 2.88. The number of aromatic amines is 1. The van der Waals surface area contributed by atoms with Crippen LogP contribution in [0.1, 0.15) is 18.4 Å². The molecule has 3 rings (SSSR count). The topological polar surface area (TPSA) is 56.9 Å². The summed E-state index contributed by atoms with van der Waals surface area (Å²) in [6, 6.07) is 8.27. The zero-order chi connectivity index (χ0) is 13.8. The average molecular weight is 271 g/mol. The smallest absolute Gasteiger partial charge is 0.224 e. The number of H-pyrrole nitrogens is 1. The van der Waals surface area contributed by atoms with Crippen molar-refractivity contribution in [1.82, 2.24) is 15.6 Å². The first-order valence-electron chi connectivity index (χ1n) is 7.38. The van der Waals surface area contributed by atoms with Gasteiger partial charge in [-0.3, -0.25) is 4.79 Å². The minimum atomic E-state index is 0.145. The highest BCUT2D eigenvalue weighted by Crippen LogP contribution is 2.17. The number of benzene rings is 1. The van der Waals surface area contributed by atoms with Gasteiger partial charge in [0.2, 0.25) is 5.91 Å². The Bertz CT molecular complexity index is 584. The van der Waals surface area contributed by atoms with Gasteiger partial charge in [-0.1, -0.05) is 18.2 Å². The maximum absolute atomic E-state index is 12.0. The summed E-state index contributed by atoms with van der Waals surface area (Å²) in [6.45, 7) is 2.56. The molecule has 2 heterocycles. The molecule has 4 heteroatoms. The molecule has 1 aromatic heterocycles. The Morgan fingerprint density at radius 2 is 2.25 bits per heavy atom. The maximum atomic E-state index is 12.0. The van der Waals surface area contributed by atoms with Gasteiger partial charge in [-0.2, -0.15) is 0 Å². The summed E-state index contributed by atoms with van der Waals surface area (Å²) in [6.07, 6.45) is 5.02. The van der Waals surface area contributed by atoms with Gasteiger partial charge in [0, 0.05) is 30.2 Å². The molecular weight excluding hydrogens is 250 g/mol. The molecule has 0 aliphatic carbocycles. The molecule has 1 amide bonds. The fraction of sp³-hybridized carbons (Fsp3) is 0.438. The molecule has 0 spiro atoms. The number of hydrogen-bond acceptors (Lipinski definition) is 2. The summed E-state index contributed by atoms with van der Waals surface area (Å²) >= 11 is 0. The van der Waals surface area contributed by atoms with Crippen LogP contribution in [0.4, 0.5) is 0 Å². The number of fused-ring (bicyclic) bond motifs is 1. The lowest BCUT2D eigenvalue weighted by atomic mass is 9.99. The van der Waals surface area contributed by atoms with Gasteiger partial charge in [0.1, 0.15) is 0 Å². The second-order valence-electron chi connectivity index (χ2n) is 5.44. The molecule has 1 saturated heterocycles. The number of carbonyl (C=O) groups excluding carboxylic acids is 1. The van der Waals surface area contributed by atoms with Gasteiger partial charge < -0.3 is 15.6 Å². The molecule has 0 radical (unpaired) electrons. The van der Waals surface area contributed by atoms with E-state index >= 15 is 0 Å². The van der Waals surface area contributed by atoms with Crippen molar-refractivity contribution in [3.8, 4) is 0 Å². The largest absolute Gasteiger partial charge is 0.361 e. The van der Waals surface area contributed by atoms with E-state index in [0.717, 1.165) is 37.9 Å². The first-order chi connectivity index (χ1) is 9.84. The third kappa shape index (κ3) is 2.85. The van der Waals surface area contributed by atoms with Gasteiger partial charge in [0.25, 0.3) is 0 Å². The summed E-state index contributed by atoms with van der Waals surface area (Å²) < 4.78 is 0. The maximum Gasteiger partial charge on any atom is 0.224 e. The van der Waals surface area contributed by atoms with Crippen LogP contribution in [0.25, 0.3) is 10.9 Å². The van der Waals surface area contributed by atoms with Crippen molar-refractivity contribution in [3.63, 3.8) is 0 Å². The van der Waals surface area contributed by atoms with E-state index in [0.29, 0.717) is 6.54 Å². The number of rotatable bonds is 4. The van der Waals surface area contributed by atoms with Gasteiger partial charge in [0.05, 0.1) is 5.92 Å². The molecule has 1 aliphatic rings. The van der Waals surface area contributed by atoms with E-state index in [2.05, 4.69) is 27.8 Å². The van der Waals surface area contributed by atoms with Crippen LogP contribution < -0.4 is 10.6 Å². The normalized spacial score (nSPS) is 19.1. The molecule has 0 unspecified atom stereocenters. The number of hydrogen-bond donors (Lipinski definition) is 3. The third-order valence-electron chi connectivity index (χ3n) is 4.04. The molecule has 1 atom stereocenters. The highest BCUT2D eigenvalue weighted by atomic mass is 16.1. The van der Waals surface area contributed by atoms with E-state index in [1.807, 2.05) is 18.3 Å². The predicted molar refractivity (Wildman–Crippen MR) is 80.6 cm³/mol. The second-order valence-corrected chi connectivity index (χ2v) is 5.44. The number of aromatic nitrogens is 1. The van der Waals surface area contributed by atoms with Crippen LogP contribution in [-0.2, 0) is 11.2 Å². The Hall–Kier alpha value is -1.81. The van der Waals surface area contributed by atoms with Gasteiger partial charge in [-0.25, -0.2) is 0 Å². The summed E-state index contributed by atoms with van der Waals surface area (Å²) in [5.74, 6) is 0.337. The van der Waals surface area contributed by atoms with Crippen LogP contribution in [0.15, 0.2) is 30.5 Å². The number of para-hydroxylation sites is 1. The van der Waals surface area contributed by atoms with Crippen molar-refractivity contribution in [3.05, 3.63) is 36.0 Å². The molecule has 3 N–H and O–H groups in total. The van der Waals surface area contributed by atoms with Crippen molar-refractivity contribution < 1.29 is 4.79 Å². The van der Waals surface area contributed by atoms with Crippen LogP contribution in [-0.4, -0.2) is 30.5 Å². The Morgan fingerprint density at radius 1 is 1.35 bits per heavy atom. The number of piperidine rings is 1. The Kier molecular flexibility index (Phi) is 4.02. The lowest BCUT2D eigenvalue weighted by Crippen LogP contribution is -2.41. The van der Waals surface area contributed by atoms with Gasteiger partial charge in [-0.15, -0.1) is 0 Å². The van der Waals surface area contributed by atoms with Crippen molar-refractivity contribution >= 4 is 16.8 Å². The summed E-state index contributed by atoms with van der Waals surface area (Å²) in [7, 11) is 0. The zero-order valence-electron chi connectivity index (χ0n) is 11.6. The van der Waals surface area contributed by atoms with Crippen molar-refractivity contribution in [2.24, 2.45) is 5.92 Å². The summed E-state index contributed by atoms with van der Waals surface area (Å²) in [5, 5.41) is 7.59. The third-order valence-corrected chi connectivity index (χ3v) is 4.04. The SMILES string of the molecule is O=C(NCCc1c[nH]c2ccccc12)[C@@H]1CCCNC1. The van der Waals surface area contributed by atoms with Gasteiger partial charge in [-0.05, 0) is 37.4 Å². The van der Waals surface area contributed by atoms with E-state index in [1.165, 1.54) is 10.9 Å². The molecule has 106 valence electrons. The lowest BCUT2D eigenvalue weighted by molar-refractivity contribution is -0.125. The molecule has 20 heavy (non-hydrogen) atoms. The van der Waals surface area contributed by atoms with Crippen LogP contribution in [0.5, 0.6) is 0 Å². The van der Waals surface area contributed by atoms with E-state index < -0.39 is 0 Å². The number of nitrogens with one attached hydrogen (secondary N) is 3. The van der Waals surface area contributed by atoms with E-state index in [-0.39, 0.29) is 11.8 Å². The first-order valence-corrected chi connectivity index (χ1v) is 7.38. The Balaban J connectivity index is 1.53. The lowest BCUT2D eigenvalue weighted by Gasteiger charge is -2.21. The first kappa shape index (κ1) is 13.2. The average Bonchev–Trinajstić information content (AvgIpc) is 2.92. The van der Waals surface area contributed by atoms with Crippen molar-refractivity contribution in [2.45, 2.75) is 19.3 Å². The van der Waals surface area contributed by atoms with Crippen LogP contribution in [0.3, 0.4) is 0 Å². The second kappa shape index (κ2) is 6.09.